The Balaban J connectivity index is 3.45. The van der Waals surface area contributed by atoms with Gasteiger partial charge in [0.15, 0.2) is 0 Å². The second-order valence-electron chi connectivity index (χ2n) is 12.6. The predicted molar refractivity (Wildman–Crippen MR) is 134 cm³/mol. The van der Waals surface area contributed by atoms with Crippen molar-refractivity contribution in [1.82, 2.24) is 4.90 Å². The van der Waals surface area contributed by atoms with Crippen LogP contribution in [0.15, 0.2) is 18.2 Å². The average Bonchev–Trinajstić information content (AvgIpc) is 2.62. The van der Waals surface area contributed by atoms with Crippen molar-refractivity contribution >= 4 is 18.0 Å². The lowest BCUT2D eigenvalue weighted by Crippen LogP contribution is -2.49. The van der Waals surface area contributed by atoms with Crippen LogP contribution in [-0.4, -0.2) is 55.9 Å². The summed E-state index contributed by atoms with van der Waals surface area (Å²) < 4.78 is 5.54. The smallest absolute Gasteiger partial charge is 0.410 e. The first-order valence-electron chi connectivity index (χ1n) is 11.8. The fourth-order valence-corrected chi connectivity index (χ4v) is 3.58. The van der Waals surface area contributed by atoms with E-state index in [1.807, 2.05) is 20.8 Å². The monoisotopic (exact) mass is 493 g/mol. The first-order chi connectivity index (χ1) is 15.5. The molecule has 1 aromatic rings. The van der Waals surface area contributed by atoms with Crippen LogP contribution in [0.2, 0.25) is 0 Å². The maximum atomic E-state index is 12.9. The van der Waals surface area contributed by atoms with Crippen molar-refractivity contribution in [3.05, 3.63) is 34.9 Å². The SMILES string of the molecule is CC(C)(C)OC(=O)N(CC(O)c1cc(CC(C)(C)C(=O)O)cc(CC(C)(C)C(=O)O)c1)C(C)(C)C. The van der Waals surface area contributed by atoms with Gasteiger partial charge in [0.1, 0.15) is 5.60 Å². The summed E-state index contributed by atoms with van der Waals surface area (Å²) in [7, 11) is 0. The second-order valence-corrected chi connectivity index (χ2v) is 12.6. The summed E-state index contributed by atoms with van der Waals surface area (Å²) in [5.41, 5.74) is -1.63. The van der Waals surface area contributed by atoms with Crippen molar-refractivity contribution in [2.45, 2.75) is 99.3 Å². The Labute approximate surface area is 209 Å². The van der Waals surface area contributed by atoms with Gasteiger partial charge in [0.25, 0.3) is 0 Å². The molecule has 1 rings (SSSR count). The van der Waals surface area contributed by atoms with Crippen LogP contribution >= 0.6 is 0 Å². The van der Waals surface area contributed by atoms with Gasteiger partial charge in [-0.2, -0.15) is 0 Å². The molecule has 0 aromatic heterocycles. The molecule has 3 N–H and O–H groups in total. The topological polar surface area (TPSA) is 124 Å². The number of carboxylic acid groups (broad SMARTS) is 2. The fourth-order valence-electron chi connectivity index (χ4n) is 3.58. The molecule has 0 fully saturated rings. The minimum Gasteiger partial charge on any atom is -0.481 e. The van der Waals surface area contributed by atoms with Crippen molar-refractivity contribution in [2.24, 2.45) is 10.8 Å². The molecule has 8 heteroatoms. The molecule has 198 valence electrons. The van der Waals surface area contributed by atoms with E-state index in [9.17, 15) is 29.7 Å². The van der Waals surface area contributed by atoms with E-state index in [1.54, 1.807) is 66.7 Å². The zero-order valence-corrected chi connectivity index (χ0v) is 22.9. The first kappa shape index (κ1) is 30.4. The lowest BCUT2D eigenvalue weighted by Gasteiger charge is -2.38. The third-order valence-corrected chi connectivity index (χ3v) is 5.69. The highest BCUT2D eigenvalue weighted by molar-refractivity contribution is 5.74. The average molecular weight is 494 g/mol. The van der Waals surface area contributed by atoms with Crippen LogP contribution in [0.1, 0.15) is 92.0 Å². The number of nitrogens with zero attached hydrogens (tertiary/aromatic N) is 1. The van der Waals surface area contributed by atoms with Crippen LogP contribution < -0.4 is 0 Å². The Morgan fingerprint density at radius 3 is 1.51 bits per heavy atom. The van der Waals surface area contributed by atoms with Gasteiger partial charge in [0, 0.05) is 5.54 Å². The molecule has 1 amide bonds. The molecule has 0 saturated heterocycles. The molecule has 0 aliphatic heterocycles. The lowest BCUT2D eigenvalue weighted by atomic mass is 9.81. The zero-order valence-electron chi connectivity index (χ0n) is 22.9. The quantitative estimate of drug-likeness (QED) is 0.439. The van der Waals surface area contributed by atoms with Gasteiger partial charge in [-0.05, 0) is 98.8 Å². The van der Waals surface area contributed by atoms with Gasteiger partial charge >= 0.3 is 18.0 Å². The molecule has 0 bridgehead atoms. The van der Waals surface area contributed by atoms with Gasteiger partial charge in [-0.15, -0.1) is 0 Å². The van der Waals surface area contributed by atoms with Gasteiger partial charge in [-0.1, -0.05) is 18.2 Å². The number of hydrogen-bond donors (Lipinski definition) is 3. The number of rotatable bonds is 9. The summed E-state index contributed by atoms with van der Waals surface area (Å²) in [6, 6.07) is 5.24. The second kappa shape index (κ2) is 10.6. The summed E-state index contributed by atoms with van der Waals surface area (Å²) in [6.45, 7) is 17.2. The van der Waals surface area contributed by atoms with E-state index in [2.05, 4.69) is 0 Å². The van der Waals surface area contributed by atoms with E-state index in [0.29, 0.717) is 16.7 Å². The van der Waals surface area contributed by atoms with E-state index >= 15 is 0 Å². The summed E-state index contributed by atoms with van der Waals surface area (Å²) in [5, 5.41) is 30.4. The molecule has 1 aromatic carbocycles. The molecule has 8 nitrogen and oxygen atoms in total. The third-order valence-electron chi connectivity index (χ3n) is 5.69. The fraction of sp³-hybridized carbons (Fsp3) is 0.667. The third kappa shape index (κ3) is 9.17. The Morgan fingerprint density at radius 2 is 1.20 bits per heavy atom. The number of β-amino-alcohol motifs (C(OH)–C–C–N with tert-alkyl or cyclic N) is 1. The van der Waals surface area contributed by atoms with Crippen molar-refractivity contribution in [2.75, 3.05) is 6.54 Å². The minimum atomic E-state index is -1.10. The molecule has 0 aliphatic carbocycles. The van der Waals surface area contributed by atoms with Gasteiger partial charge in [-0.25, -0.2) is 4.79 Å². The number of aliphatic hydroxyl groups is 1. The van der Waals surface area contributed by atoms with Crippen molar-refractivity contribution < 1.29 is 34.4 Å². The normalized spacial score (nSPS) is 13.8. The van der Waals surface area contributed by atoms with Crippen LogP contribution in [0.5, 0.6) is 0 Å². The van der Waals surface area contributed by atoms with Gasteiger partial charge in [0.2, 0.25) is 0 Å². The molecule has 1 unspecified atom stereocenters. The summed E-state index contributed by atoms with van der Waals surface area (Å²) in [6.07, 6.45) is -1.27. The highest BCUT2D eigenvalue weighted by Gasteiger charge is 2.34. The molecular weight excluding hydrogens is 450 g/mol. The lowest BCUT2D eigenvalue weighted by molar-refractivity contribution is -0.147. The number of benzene rings is 1. The van der Waals surface area contributed by atoms with Crippen molar-refractivity contribution in [3.8, 4) is 0 Å². The maximum Gasteiger partial charge on any atom is 0.410 e. The van der Waals surface area contributed by atoms with Crippen LogP contribution in [-0.2, 0) is 27.2 Å². The number of carbonyl (C=O) groups excluding carboxylic acids is 1. The summed E-state index contributed by atoms with van der Waals surface area (Å²) in [4.78, 5) is 37.8. The van der Waals surface area contributed by atoms with E-state index in [1.165, 1.54) is 4.90 Å². The summed E-state index contributed by atoms with van der Waals surface area (Å²) >= 11 is 0. The molecule has 0 spiro atoms. The largest absolute Gasteiger partial charge is 0.481 e. The molecule has 0 radical (unpaired) electrons. The Kier molecular flexibility index (Phi) is 9.18. The van der Waals surface area contributed by atoms with Gasteiger partial charge in [-0.3, -0.25) is 9.59 Å². The Hall–Kier alpha value is -2.61. The number of ether oxygens (including phenoxy) is 1. The predicted octanol–water partition coefficient (Wildman–Crippen LogP) is 5.06. The number of carboxylic acids is 2. The highest BCUT2D eigenvalue weighted by Crippen LogP contribution is 2.30. The molecule has 35 heavy (non-hydrogen) atoms. The number of aliphatic carboxylic acids is 2. The molecule has 1 atom stereocenters. The first-order valence-corrected chi connectivity index (χ1v) is 11.8. The van der Waals surface area contributed by atoms with E-state index in [4.69, 9.17) is 4.74 Å². The van der Waals surface area contributed by atoms with Gasteiger partial charge in [0.05, 0.1) is 23.5 Å². The van der Waals surface area contributed by atoms with E-state index in [-0.39, 0.29) is 19.4 Å². The Bertz CT molecular complexity index is 890. The van der Waals surface area contributed by atoms with Crippen molar-refractivity contribution in [1.29, 1.82) is 0 Å². The number of hydrogen-bond acceptors (Lipinski definition) is 5. The maximum absolute atomic E-state index is 12.9. The molecular formula is C27H43NO7. The van der Waals surface area contributed by atoms with Gasteiger partial charge < -0.3 is 25.0 Å². The van der Waals surface area contributed by atoms with Crippen LogP contribution in [0.25, 0.3) is 0 Å². The van der Waals surface area contributed by atoms with Crippen LogP contribution in [0.3, 0.4) is 0 Å². The number of aliphatic hydroxyl groups excluding tert-OH is 1. The highest BCUT2D eigenvalue weighted by atomic mass is 16.6. The Morgan fingerprint density at radius 1 is 0.800 bits per heavy atom. The standard InChI is InChI=1S/C27H43NO7/c1-24(2,3)28(23(34)35-25(4,5)6)16-20(29)19-12-17(14-26(7,8)21(30)31)11-18(13-19)15-27(9,10)22(32)33/h11-13,20,29H,14-16H2,1-10H3,(H,30,31)(H,32,33). The van der Waals surface area contributed by atoms with Crippen LogP contribution in [0.4, 0.5) is 4.79 Å². The van der Waals surface area contributed by atoms with Crippen LogP contribution in [0, 0.1) is 10.8 Å². The molecule has 0 heterocycles. The zero-order chi connectivity index (χ0) is 27.6. The number of amides is 1. The summed E-state index contributed by atoms with van der Waals surface area (Å²) in [5.74, 6) is -1.92. The van der Waals surface area contributed by atoms with E-state index in [0.717, 1.165) is 0 Å². The minimum absolute atomic E-state index is 0.0496. The number of carbonyl (C=O) groups is 3. The molecule has 0 aliphatic rings. The molecule has 0 saturated carbocycles. The van der Waals surface area contributed by atoms with E-state index < -0.39 is 46.1 Å². The van der Waals surface area contributed by atoms with Crippen molar-refractivity contribution in [3.63, 3.8) is 0 Å².